The summed E-state index contributed by atoms with van der Waals surface area (Å²) in [5.74, 6) is 0.491. The van der Waals surface area contributed by atoms with Crippen molar-refractivity contribution in [2.75, 3.05) is 0 Å². The van der Waals surface area contributed by atoms with Gasteiger partial charge in [-0.3, -0.25) is 0 Å². The number of amides is 1. The minimum absolute atomic E-state index is 0.223. The fraction of sp³-hybridized carbons (Fsp3) is 0.296. The Kier molecular flexibility index (Phi) is 8.87. The van der Waals surface area contributed by atoms with Gasteiger partial charge >= 0.3 is 6.09 Å². The first-order chi connectivity index (χ1) is 16.8. The van der Waals surface area contributed by atoms with E-state index in [1.165, 1.54) is 0 Å². The van der Waals surface area contributed by atoms with Crippen molar-refractivity contribution in [2.24, 2.45) is 0 Å². The average molecular weight is 539 g/mol. The van der Waals surface area contributed by atoms with Crippen LogP contribution in [0.5, 0.6) is 5.88 Å². The van der Waals surface area contributed by atoms with E-state index >= 15 is 0 Å². The van der Waals surface area contributed by atoms with Gasteiger partial charge in [0.1, 0.15) is 12.2 Å². The lowest BCUT2D eigenvalue weighted by Gasteiger charge is -2.19. The van der Waals surface area contributed by atoms with E-state index in [4.69, 9.17) is 14.5 Å². The molecule has 8 heteroatoms. The predicted molar refractivity (Wildman–Crippen MR) is 142 cm³/mol. The molecule has 7 nitrogen and oxygen atoms in total. The van der Waals surface area contributed by atoms with Crippen molar-refractivity contribution >= 4 is 32.8 Å². The SMILES string of the molecule is CC.CC(C)(C)OC(=O)NCc1cc2ccc(-n3cc(Br)cn3)cc2c(OCc2ccccc2)n1. The number of carbonyl (C=O) groups is 1. The largest absolute Gasteiger partial charge is 0.472 e. The Morgan fingerprint density at radius 3 is 2.49 bits per heavy atom. The van der Waals surface area contributed by atoms with Crippen LogP contribution < -0.4 is 10.1 Å². The van der Waals surface area contributed by atoms with Gasteiger partial charge in [-0.2, -0.15) is 5.10 Å². The van der Waals surface area contributed by atoms with Crippen LogP contribution in [-0.2, 0) is 17.9 Å². The second-order valence-electron chi connectivity index (χ2n) is 8.56. The smallest absolute Gasteiger partial charge is 0.407 e. The fourth-order valence-corrected chi connectivity index (χ4v) is 3.53. The van der Waals surface area contributed by atoms with Crippen LogP contribution in [0.25, 0.3) is 16.5 Å². The molecular formula is C27H31BrN4O3. The van der Waals surface area contributed by atoms with Gasteiger partial charge in [-0.05, 0) is 65.8 Å². The maximum atomic E-state index is 12.1. The number of aromatic nitrogens is 3. The molecule has 0 aliphatic carbocycles. The second-order valence-corrected chi connectivity index (χ2v) is 9.47. The van der Waals surface area contributed by atoms with Gasteiger partial charge in [-0.25, -0.2) is 14.5 Å². The average Bonchev–Trinajstić information content (AvgIpc) is 3.28. The third kappa shape index (κ3) is 7.55. The lowest BCUT2D eigenvalue weighted by Crippen LogP contribution is -2.32. The molecule has 0 aliphatic heterocycles. The molecular weight excluding hydrogens is 508 g/mol. The maximum absolute atomic E-state index is 12.1. The third-order valence-corrected chi connectivity index (χ3v) is 5.09. The van der Waals surface area contributed by atoms with E-state index in [1.807, 2.05) is 95.4 Å². The zero-order valence-corrected chi connectivity index (χ0v) is 22.3. The highest BCUT2D eigenvalue weighted by molar-refractivity contribution is 9.10. The zero-order valence-electron chi connectivity index (χ0n) is 20.7. The van der Waals surface area contributed by atoms with E-state index in [2.05, 4.69) is 26.3 Å². The van der Waals surface area contributed by atoms with Crippen LogP contribution in [-0.4, -0.2) is 26.5 Å². The van der Waals surface area contributed by atoms with E-state index in [9.17, 15) is 4.79 Å². The monoisotopic (exact) mass is 538 g/mol. The molecule has 1 N–H and O–H groups in total. The zero-order chi connectivity index (χ0) is 25.4. The lowest BCUT2D eigenvalue weighted by atomic mass is 10.1. The first-order valence-corrected chi connectivity index (χ1v) is 12.3. The van der Waals surface area contributed by atoms with Crippen LogP contribution in [0, 0.1) is 0 Å². The number of rotatable bonds is 6. The lowest BCUT2D eigenvalue weighted by molar-refractivity contribution is 0.0522. The van der Waals surface area contributed by atoms with Crippen LogP contribution >= 0.6 is 15.9 Å². The summed E-state index contributed by atoms with van der Waals surface area (Å²) in [6, 6.07) is 17.8. The van der Waals surface area contributed by atoms with Crippen molar-refractivity contribution in [3.05, 3.63) is 82.7 Å². The fourth-order valence-electron chi connectivity index (χ4n) is 3.25. The minimum atomic E-state index is -0.567. The van der Waals surface area contributed by atoms with Gasteiger partial charge in [0.25, 0.3) is 0 Å². The maximum Gasteiger partial charge on any atom is 0.407 e. The normalized spacial score (nSPS) is 10.9. The Hall–Kier alpha value is -3.39. The molecule has 0 bridgehead atoms. The molecule has 35 heavy (non-hydrogen) atoms. The van der Waals surface area contributed by atoms with Gasteiger partial charge in [-0.1, -0.05) is 50.2 Å². The first kappa shape index (κ1) is 26.2. The number of carbonyl (C=O) groups excluding carboxylic acids is 1. The van der Waals surface area contributed by atoms with Gasteiger partial charge in [0.2, 0.25) is 5.88 Å². The summed E-state index contributed by atoms with van der Waals surface area (Å²) in [5, 5.41) is 8.93. The van der Waals surface area contributed by atoms with Crippen molar-refractivity contribution in [3.63, 3.8) is 0 Å². The van der Waals surface area contributed by atoms with Crippen LogP contribution in [0.15, 0.2) is 71.5 Å². The highest BCUT2D eigenvalue weighted by Gasteiger charge is 2.17. The Bertz CT molecular complexity index is 1270. The number of nitrogens with one attached hydrogen (secondary N) is 1. The first-order valence-electron chi connectivity index (χ1n) is 11.5. The van der Waals surface area contributed by atoms with E-state index < -0.39 is 11.7 Å². The van der Waals surface area contributed by atoms with Gasteiger partial charge < -0.3 is 14.8 Å². The van der Waals surface area contributed by atoms with Crippen molar-refractivity contribution in [1.82, 2.24) is 20.1 Å². The molecule has 4 aromatic rings. The second kappa shape index (κ2) is 11.8. The molecule has 1 amide bonds. The molecule has 0 saturated heterocycles. The van der Waals surface area contributed by atoms with Crippen molar-refractivity contribution in [1.29, 1.82) is 0 Å². The summed E-state index contributed by atoms with van der Waals surface area (Å²) < 4.78 is 14.1. The number of hydrogen-bond acceptors (Lipinski definition) is 5. The Morgan fingerprint density at radius 2 is 1.83 bits per heavy atom. The van der Waals surface area contributed by atoms with Gasteiger partial charge in [0, 0.05) is 11.6 Å². The molecule has 0 radical (unpaired) electrons. The molecule has 0 saturated carbocycles. The molecule has 0 atom stereocenters. The van der Waals surface area contributed by atoms with Crippen LogP contribution in [0.4, 0.5) is 4.79 Å². The molecule has 2 aromatic heterocycles. The van der Waals surface area contributed by atoms with E-state index in [1.54, 1.807) is 10.9 Å². The van der Waals surface area contributed by atoms with E-state index in [0.29, 0.717) is 18.2 Å². The number of hydrogen-bond donors (Lipinski definition) is 1. The summed E-state index contributed by atoms with van der Waals surface area (Å²) >= 11 is 3.44. The van der Waals surface area contributed by atoms with Gasteiger partial charge in [0.05, 0.1) is 28.6 Å². The van der Waals surface area contributed by atoms with E-state index in [-0.39, 0.29) is 6.54 Å². The Balaban J connectivity index is 0.00000167. The van der Waals surface area contributed by atoms with Gasteiger partial charge in [0.15, 0.2) is 0 Å². The summed E-state index contributed by atoms with van der Waals surface area (Å²) in [4.78, 5) is 16.8. The number of alkyl carbamates (subject to hydrolysis) is 1. The van der Waals surface area contributed by atoms with Crippen LogP contribution in [0.3, 0.4) is 0 Å². The summed E-state index contributed by atoms with van der Waals surface area (Å²) in [5.41, 5.74) is 2.03. The Morgan fingerprint density at radius 1 is 1.09 bits per heavy atom. The molecule has 0 aliphatic rings. The topological polar surface area (TPSA) is 78.3 Å². The quantitative estimate of drug-likeness (QED) is 0.291. The number of nitrogens with zero attached hydrogens (tertiary/aromatic N) is 3. The molecule has 2 heterocycles. The molecule has 0 spiro atoms. The predicted octanol–water partition coefficient (Wildman–Crippen LogP) is 6.81. The van der Waals surface area contributed by atoms with Gasteiger partial charge in [-0.15, -0.1) is 0 Å². The molecule has 0 unspecified atom stereocenters. The van der Waals surface area contributed by atoms with Crippen molar-refractivity contribution in [3.8, 4) is 11.6 Å². The number of pyridine rings is 1. The van der Waals surface area contributed by atoms with Crippen molar-refractivity contribution < 1.29 is 14.3 Å². The number of fused-ring (bicyclic) bond motifs is 1. The summed E-state index contributed by atoms with van der Waals surface area (Å²) in [7, 11) is 0. The van der Waals surface area contributed by atoms with Crippen molar-refractivity contribution in [2.45, 2.75) is 53.4 Å². The highest BCUT2D eigenvalue weighted by atomic mass is 79.9. The third-order valence-electron chi connectivity index (χ3n) is 4.68. The molecule has 0 fully saturated rings. The highest BCUT2D eigenvalue weighted by Crippen LogP contribution is 2.28. The molecule has 184 valence electrons. The molecule has 4 rings (SSSR count). The van der Waals surface area contributed by atoms with E-state index in [0.717, 1.165) is 26.5 Å². The number of benzene rings is 2. The number of ether oxygens (including phenoxy) is 2. The summed E-state index contributed by atoms with van der Waals surface area (Å²) in [6.07, 6.45) is 3.13. The van der Waals surface area contributed by atoms with Crippen LogP contribution in [0.1, 0.15) is 45.9 Å². The summed E-state index contributed by atoms with van der Waals surface area (Å²) in [6.45, 7) is 10.1. The minimum Gasteiger partial charge on any atom is -0.472 e. The van der Waals surface area contributed by atoms with Crippen LogP contribution in [0.2, 0.25) is 0 Å². The molecule has 2 aromatic carbocycles. The standard InChI is InChI=1S/C25H25BrN4O3.C2H6/c1-25(2,3)33-24(31)27-14-20-11-18-9-10-21(30-15-19(26)13-28-30)12-22(18)23(29-20)32-16-17-7-5-4-6-8-17;1-2/h4-13,15H,14,16H2,1-3H3,(H,27,31);1-2H3. The number of halogens is 1. The Labute approximate surface area is 214 Å².